The highest BCUT2D eigenvalue weighted by Crippen LogP contribution is 2.28. The van der Waals surface area contributed by atoms with Crippen LogP contribution in [0.4, 0.5) is 15.8 Å². The smallest absolute Gasteiger partial charge is 0.272 e. The van der Waals surface area contributed by atoms with Crippen LogP contribution < -0.4 is 4.90 Å². The summed E-state index contributed by atoms with van der Waals surface area (Å²) in [4.78, 5) is 11.8. The van der Waals surface area contributed by atoms with Crippen LogP contribution in [0.3, 0.4) is 0 Å². The van der Waals surface area contributed by atoms with Crippen LogP contribution in [0.1, 0.15) is 19.8 Å². The molecule has 0 aliphatic carbocycles. The zero-order valence-corrected chi connectivity index (χ0v) is 13.9. The van der Waals surface area contributed by atoms with E-state index >= 15 is 0 Å². The number of anilines is 1. The topological polar surface area (TPSA) is 83.8 Å². The lowest BCUT2D eigenvalue weighted by atomic mass is 10.0. The van der Waals surface area contributed by atoms with Crippen molar-refractivity contribution in [1.82, 2.24) is 4.31 Å². The van der Waals surface area contributed by atoms with Crippen molar-refractivity contribution in [3.8, 4) is 0 Å². The van der Waals surface area contributed by atoms with Gasteiger partial charge in [0.1, 0.15) is 0 Å². The maximum atomic E-state index is 14.0. The molecule has 0 unspecified atom stereocenters. The number of rotatable bonds is 5. The summed E-state index contributed by atoms with van der Waals surface area (Å²) in [5, 5.41) is 10.6. The number of benzene rings is 1. The number of halogens is 1. The number of nitrogens with zero attached hydrogens (tertiary/aromatic N) is 3. The molecule has 0 spiro atoms. The molecule has 1 fully saturated rings. The maximum absolute atomic E-state index is 14.0. The first-order valence-electron chi connectivity index (χ1n) is 7.41. The Kier molecular flexibility index (Phi) is 5.20. The number of sulfonamides is 1. The van der Waals surface area contributed by atoms with E-state index in [1.54, 1.807) is 18.9 Å². The van der Waals surface area contributed by atoms with Gasteiger partial charge in [-0.2, -0.15) is 0 Å². The van der Waals surface area contributed by atoms with E-state index in [0.717, 1.165) is 6.07 Å². The average molecular weight is 345 g/mol. The van der Waals surface area contributed by atoms with Gasteiger partial charge in [0.2, 0.25) is 10.0 Å². The molecule has 2 rings (SSSR count). The van der Waals surface area contributed by atoms with Gasteiger partial charge in [0.15, 0.2) is 5.82 Å². The van der Waals surface area contributed by atoms with E-state index in [2.05, 4.69) is 0 Å². The second-order valence-electron chi connectivity index (χ2n) is 5.53. The van der Waals surface area contributed by atoms with Gasteiger partial charge in [-0.3, -0.25) is 10.1 Å². The molecule has 1 heterocycles. The fourth-order valence-corrected chi connectivity index (χ4v) is 3.84. The molecule has 1 aromatic rings. The van der Waals surface area contributed by atoms with Crippen LogP contribution in [0.5, 0.6) is 0 Å². The van der Waals surface area contributed by atoms with Crippen LogP contribution in [0.2, 0.25) is 0 Å². The van der Waals surface area contributed by atoms with E-state index in [1.165, 1.54) is 16.4 Å². The first-order chi connectivity index (χ1) is 10.8. The third-order valence-electron chi connectivity index (χ3n) is 4.27. The van der Waals surface area contributed by atoms with E-state index in [1.807, 2.05) is 0 Å². The minimum atomic E-state index is -3.24. The number of nitro benzene ring substituents is 1. The lowest BCUT2D eigenvalue weighted by molar-refractivity contribution is -0.385. The van der Waals surface area contributed by atoms with Crippen LogP contribution in [0, 0.1) is 15.9 Å². The molecule has 9 heteroatoms. The molecule has 1 aliphatic heterocycles. The number of nitro groups is 1. The molecule has 7 nitrogen and oxygen atoms in total. The van der Waals surface area contributed by atoms with Crippen LogP contribution in [-0.4, -0.2) is 49.6 Å². The van der Waals surface area contributed by atoms with Crippen LogP contribution >= 0.6 is 0 Å². The quantitative estimate of drug-likeness (QED) is 0.602. The van der Waals surface area contributed by atoms with Crippen molar-refractivity contribution in [2.75, 3.05) is 30.8 Å². The van der Waals surface area contributed by atoms with Crippen molar-refractivity contribution in [1.29, 1.82) is 0 Å². The molecule has 0 aromatic heterocycles. The maximum Gasteiger partial charge on any atom is 0.272 e. The summed E-state index contributed by atoms with van der Waals surface area (Å²) in [5.41, 5.74) is 0.0324. The molecule has 0 radical (unpaired) electrons. The Bertz CT molecular complexity index is 687. The van der Waals surface area contributed by atoms with Gasteiger partial charge in [-0.1, -0.05) is 0 Å². The lowest BCUT2D eigenvalue weighted by Gasteiger charge is -2.37. The third-order valence-corrected chi connectivity index (χ3v) is 6.17. The predicted molar refractivity (Wildman–Crippen MR) is 85.5 cm³/mol. The monoisotopic (exact) mass is 345 g/mol. The summed E-state index contributed by atoms with van der Waals surface area (Å²) in [6.45, 7) is 2.61. The van der Waals surface area contributed by atoms with Crippen molar-refractivity contribution in [3.05, 3.63) is 34.1 Å². The Labute approximate surface area is 134 Å². The van der Waals surface area contributed by atoms with Crippen LogP contribution in [0.15, 0.2) is 18.2 Å². The Balaban J connectivity index is 2.06. The minimum Gasteiger partial charge on any atom is -0.369 e. The van der Waals surface area contributed by atoms with Crippen molar-refractivity contribution in [3.63, 3.8) is 0 Å². The summed E-state index contributed by atoms with van der Waals surface area (Å²) in [6, 6.07) is 3.49. The van der Waals surface area contributed by atoms with Crippen LogP contribution in [-0.2, 0) is 10.0 Å². The van der Waals surface area contributed by atoms with Gasteiger partial charge in [0.25, 0.3) is 5.69 Å². The van der Waals surface area contributed by atoms with Gasteiger partial charge < -0.3 is 4.90 Å². The Morgan fingerprint density at radius 2 is 2.00 bits per heavy atom. The van der Waals surface area contributed by atoms with Crippen molar-refractivity contribution in [2.45, 2.75) is 25.8 Å². The minimum absolute atomic E-state index is 0.0562. The van der Waals surface area contributed by atoms with Crippen LogP contribution in [0.25, 0.3) is 0 Å². The molecule has 0 atom stereocenters. The van der Waals surface area contributed by atoms with Gasteiger partial charge >= 0.3 is 0 Å². The zero-order chi connectivity index (χ0) is 17.2. The lowest BCUT2D eigenvalue weighted by Crippen LogP contribution is -2.46. The molecule has 23 heavy (non-hydrogen) atoms. The molecule has 1 aromatic carbocycles. The van der Waals surface area contributed by atoms with Gasteiger partial charge in [-0.05, 0) is 25.8 Å². The fraction of sp³-hybridized carbons (Fsp3) is 0.571. The Morgan fingerprint density at radius 3 is 2.48 bits per heavy atom. The first-order valence-corrected chi connectivity index (χ1v) is 9.01. The number of hydrogen-bond acceptors (Lipinski definition) is 5. The SMILES string of the molecule is CCS(=O)(=O)N(C)C1CCN(c2ccc([N+](=O)[O-])cc2F)CC1. The largest absolute Gasteiger partial charge is 0.369 e. The van der Waals surface area contributed by atoms with E-state index < -0.39 is 20.8 Å². The number of piperidine rings is 1. The predicted octanol–water partition coefficient (Wildman–Crippen LogP) is 1.98. The highest BCUT2D eigenvalue weighted by Gasteiger charge is 2.29. The molecule has 0 N–H and O–H groups in total. The number of hydrogen-bond donors (Lipinski definition) is 0. The summed E-state index contributed by atoms with van der Waals surface area (Å²) in [6.07, 6.45) is 1.18. The van der Waals surface area contributed by atoms with E-state index in [4.69, 9.17) is 0 Å². The average Bonchev–Trinajstić information content (AvgIpc) is 2.54. The van der Waals surface area contributed by atoms with Gasteiger partial charge in [-0.25, -0.2) is 17.1 Å². The summed E-state index contributed by atoms with van der Waals surface area (Å²) in [7, 11) is -1.66. The summed E-state index contributed by atoms with van der Waals surface area (Å²) in [5.74, 6) is -0.576. The van der Waals surface area contributed by atoms with Gasteiger partial charge in [-0.15, -0.1) is 0 Å². The highest BCUT2D eigenvalue weighted by atomic mass is 32.2. The normalized spacial score (nSPS) is 16.8. The van der Waals surface area contributed by atoms with Crippen molar-refractivity contribution < 1.29 is 17.7 Å². The first kappa shape index (κ1) is 17.6. The van der Waals surface area contributed by atoms with Crippen molar-refractivity contribution >= 4 is 21.4 Å². The molecule has 0 saturated carbocycles. The van der Waals surface area contributed by atoms with Gasteiger partial charge in [0, 0.05) is 32.2 Å². The Morgan fingerprint density at radius 1 is 1.39 bits per heavy atom. The standard InChI is InChI=1S/C14H20FN3O4S/c1-3-23(21,22)16(2)11-6-8-17(9-7-11)14-5-4-12(18(19)20)10-13(14)15/h4-5,10-11H,3,6-9H2,1-2H3. The van der Waals surface area contributed by atoms with E-state index in [-0.39, 0.29) is 17.5 Å². The summed E-state index contributed by atoms with van der Waals surface area (Å²) < 4.78 is 39.2. The van der Waals surface area contributed by atoms with Crippen molar-refractivity contribution in [2.24, 2.45) is 0 Å². The number of non-ortho nitro benzene ring substituents is 1. The second-order valence-corrected chi connectivity index (χ2v) is 7.84. The van der Waals surface area contributed by atoms with Gasteiger partial charge in [0.05, 0.1) is 22.4 Å². The van der Waals surface area contributed by atoms with E-state index in [9.17, 15) is 22.9 Å². The third kappa shape index (κ3) is 3.78. The Hall–Kier alpha value is -1.74. The molecule has 0 amide bonds. The fourth-order valence-electron chi connectivity index (χ4n) is 2.77. The highest BCUT2D eigenvalue weighted by molar-refractivity contribution is 7.89. The molecule has 0 bridgehead atoms. The summed E-state index contributed by atoms with van der Waals surface area (Å²) >= 11 is 0. The molecule has 1 saturated heterocycles. The molecule has 1 aliphatic rings. The molecular formula is C14H20FN3O4S. The zero-order valence-electron chi connectivity index (χ0n) is 13.1. The second kappa shape index (κ2) is 6.79. The molecular weight excluding hydrogens is 325 g/mol. The van der Waals surface area contributed by atoms with E-state index in [0.29, 0.717) is 31.6 Å². The molecule has 128 valence electrons.